The van der Waals surface area contributed by atoms with E-state index in [1.54, 1.807) is 20.8 Å². The van der Waals surface area contributed by atoms with Crippen LogP contribution in [0.15, 0.2) is 30.3 Å². The Balaban J connectivity index is 1.86. The van der Waals surface area contributed by atoms with Crippen molar-refractivity contribution >= 4 is 6.16 Å². The number of aliphatic hydroxyl groups is 1. The predicted molar refractivity (Wildman–Crippen MR) is 97.8 cm³/mol. The van der Waals surface area contributed by atoms with Gasteiger partial charge in [-0.3, -0.25) is 0 Å². The second kappa shape index (κ2) is 7.12. The number of hydrogen-bond donors (Lipinski definition) is 4. The molecule has 0 fully saturated rings. The number of phenolic OH excluding ortho intramolecular Hbond substituents is 3. The molecule has 1 aliphatic heterocycles. The smallest absolute Gasteiger partial charge is 0.508 e. The van der Waals surface area contributed by atoms with Crippen LogP contribution >= 0.6 is 0 Å². The van der Waals surface area contributed by atoms with Gasteiger partial charge in [-0.25, -0.2) is 4.79 Å². The van der Waals surface area contributed by atoms with E-state index in [2.05, 4.69) is 0 Å². The van der Waals surface area contributed by atoms with Crippen LogP contribution in [0.4, 0.5) is 4.79 Å². The molecule has 0 spiro atoms. The van der Waals surface area contributed by atoms with Crippen molar-refractivity contribution in [1.29, 1.82) is 0 Å². The Hall–Kier alpha value is -3.13. The van der Waals surface area contributed by atoms with Gasteiger partial charge in [0, 0.05) is 24.1 Å². The van der Waals surface area contributed by atoms with E-state index in [9.17, 15) is 25.2 Å². The SMILES string of the molecule is CC(C)(C)OC(=O)Oc1cc([C@H]2Oc3cc(O)cc(O)c3C[C@H]2O)ccc1O. The number of fused-ring (bicyclic) bond motifs is 1. The van der Waals surface area contributed by atoms with Crippen LogP contribution in [-0.4, -0.2) is 38.3 Å². The van der Waals surface area contributed by atoms with Crippen molar-refractivity contribution < 1.29 is 39.4 Å². The highest BCUT2D eigenvalue weighted by molar-refractivity contribution is 5.66. The molecule has 0 radical (unpaired) electrons. The number of hydrogen-bond acceptors (Lipinski definition) is 8. The Kier molecular flexibility index (Phi) is 4.99. The van der Waals surface area contributed by atoms with Crippen LogP contribution in [0, 0.1) is 0 Å². The predicted octanol–water partition coefficient (Wildman–Crippen LogP) is 3.15. The van der Waals surface area contributed by atoms with E-state index in [1.807, 2.05) is 0 Å². The van der Waals surface area contributed by atoms with E-state index in [-0.39, 0.29) is 35.2 Å². The Labute approximate surface area is 161 Å². The van der Waals surface area contributed by atoms with Crippen molar-refractivity contribution in [2.45, 2.75) is 45.0 Å². The van der Waals surface area contributed by atoms with Crippen molar-refractivity contribution in [3.05, 3.63) is 41.5 Å². The molecular weight excluding hydrogens is 368 g/mol. The van der Waals surface area contributed by atoms with Crippen molar-refractivity contribution in [1.82, 2.24) is 0 Å². The zero-order valence-electron chi connectivity index (χ0n) is 15.7. The van der Waals surface area contributed by atoms with Crippen LogP contribution < -0.4 is 9.47 Å². The summed E-state index contributed by atoms with van der Waals surface area (Å²) in [5, 5.41) is 40.0. The molecule has 0 saturated heterocycles. The monoisotopic (exact) mass is 390 g/mol. The maximum Gasteiger partial charge on any atom is 0.514 e. The summed E-state index contributed by atoms with van der Waals surface area (Å²) in [7, 11) is 0. The fourth-order valence-corrected chi connectivity index (χ4v) is 2.90. The average molecular weight is 390 g/mol. The molecular formula is C20H22O8. The lowest BCUT2D eigenvalue weighted by atomic mass is 9.94. The molecule has 2 aromatic rings. The zero-order valence-corrected chi connectivity index (χ0v) is 15.7. The first-order valence-corrected chi connectivity index (χ1v) is 8.67. The second-order valence-electron chi connectivity index (χ2n) is 7.55. The van der Waals surface area contributed by atoms with E-state index in [4.69, 9.17) is 14.2 Å². The normalized spacial score (nSPS) is 18.7. The summed E-state index contributed by atoms with van der Waals surface area (Å²) in [6, 6.07) is 6.69. The zero-order chi connectivity index (χ0) is 20.6. The van der Waals surface area contributed by atoms with Crippen LogP contribution in [0.5, 0.6) is 28.7 Å². The van der Waals surface area contributed by atoms with Crippen molar-refractivity contribution in [2.75, 3.05) is 0 Å². The molecule has 0 aromatic heterocycles. The van der Waals surface area contributed by atoms with Crippen LogP contribution in [-0.2, 0) is 11.2 Å². The van der Waals surface area contributed by atoms with Gasteiger partial charge < -0.3 is 34.6 Å². The van der Waals surface area contributed by atoms with Crippen molar-refractivity contribution in [2.24, 2.45) is 0 Å². The van der Waals surface area contributed by atoms with E-state index in [1.165, 1.54) is 30.3 Å². The largest absolute Gasteiger partial charge is 0.514 e. The van der Waals surface area contributed by atoms with Gasteiger partial charge in [0.05, 0.1) is 6.10 Å². The highest BCUT2D eigenvalue weighted by Crippen LogP contribution is 2.43. The molecule has 2 aromatic carbocycles. The number of aliphatic hydroxyl groups excluding tert-OH is 1. The standard InChI is InChI=1S/C20H22O8/c1-20(2,3)28-19(25)27-17-6-10(4-5-13(17)22)18-15(24)9-12-14(23)7-11(21)8-16(12)26-18/h4-8,15,18,21-24H,9H2,1-3H3/t15-,18-/m1/s1. The third-order valence-corrected chi connectivity index (χ3v) is 4.08. The molecule has 1 heterocycles. The molecule has 2 atom stereocenters. The van der Waals surface area contributed by atoms with Gasteiger partial charge in [0.1, 0.15) is 29.0 Å². The molecule has 0 saturated carbocycles. The van der Waals surface area contributed by atoms with Gasteiger partial charge in [0.2, 0.25) is 0 Å². The summed E-state index contributed by atoms with van der Waals surface area (Å²) in [6.07, 6.45) is -2.77. The summed E-state index contributed by atoms with van der Waals surface area (Å²) < 4.78 is 15.9. The van der Waals surface area contributed by atoms with Gasteiger partial charge in [-0.2, -0.15) is 0 Å². The molecule has 0 amide bonds. The number of carbonyl (C=O) groups is 1. The Morgan fingerprint density at radius 2 is 1.82 bits per heavy atom. The minimum Gasteiger partial charge on any atom is -0.508 e. The van der Waals surface area contributed by atoms with Crippen LogP contribution in [0.3, 0.4) is 0 Å². The first-order chi connectivity index (χ1) is 13.0. The second-order valence-corrected chi connectivity index (χ2v) is 7.55. The maximum absolute atomic E-state index is 11.9. The first kappa shape index (κ1) is 19.6. The summed E-state index contributed by atoms with van der Waals surface area (Å²) in [6.45, 7) is 5.04. The van der Waals surface area contributed by atoms with Crippen molar-refractivity contribution in [3.8, 4) is 28.7 Å². The van der Waals surface area contributed by atoms with Gasteiger partial charge in [-0.05, 0) is 38.5 Å². The Morgan fingerprint density at radius 1 is 1.11 bits per heavy atom. The van der Waals surface area contributed by atoms with Crippen LogP contribution in [0.1, 0.15) is 38.0 Å². The lowest BCUT2D eigenvalue weighted by Gasteiger charge is -2.31. The summed E-state index contributed by atoms with van der Waals surface area (Å²) in [5.74, 6) is -0.545. The number of ether oxygens (including phenoxy) is 3. The van der Waals surface area contributed by atoms with Crippen LogP contribution in [0.2, 0.25) is 0 Å². The Morgan fingerprint density at radius 3 is 2.50 bits per heavy atom. The van der Waals surface area contributed by atoms with E-state index >= 15 is 0 Å². The molecule has 0 unspecified atom stereocenters. The average Bonchev–Trinajstić information content (AvgIpc) is 2.55. The summed E-state index contributed by atoms with van der Waals surface area (Å²) in [5.41, 5.74) is 0.0450. The van der Waals surface area contributed by atoms with Gasteiger partial charge in [-0.1, -0.05) is 6.07 Å². The van der Waals surface area contributed by atoms with E-state index in [0.717, 1.165) is 0 Å². The molecule has 0 bridgehead atoms. The van der Waals surface area contributed by atoms with Crippen molar-refractivity contribution in [3.63, 3.8) is 0 Å². The number of rotatable bonds is 2. The van der Waals surface area contributed by atoms with E-state index in [0.29, 0.717) is 11.1 Å². The highest BCUT2D eigenvalue weighted by Gasteiger charge is 2.33. The number of carbonyl (C=O) groups excluding carboxylic acids is 1. The summed E-state index contributed by atoms with van der Waals surface area (Å²) in [4.78, 5) is 11.9. The van der Waals surface area contributed by atoms with Gasteiger partial charge in [0.25, 0.3) is 0 Å². The third-order valence-electron chi connectivity index (χ3n) is 4.08. The molecule has 3 rings (SSSR count). The molecule has 8 heteroatoms. The van der Waals surface area contributed by atoms with Gasteiger partial charge in [-0.15, -0.1) is 0 Å². The molecule has 150 valence electrons. The fourth-order valence-electron chi connectivity index (χ4n) is 2.90. The number of phenols is 3. The Bertz CT molecular complexity index is 900. The fraction of sp³-hybridized carbons (Fsp3) is 0.350. The number of aromatic hydroxyl groups is 3. The van der Waals surface area contributed by atoms with Crippen LogP contribution in [0.25, 0.3) is 0 Å². The molecule has 8 nitrogen and oxygen atoms in total. The molecule has 1 aliphatic rings. The van der Waals surface area contributed by atoms with Gasteiger partial charge >= 0.3 is 6.16 Å². The minimum absolute atomic E-state index is 0.0925. The third kappa shape index (κ3) is 4.23. The number of benzene rings is 2. The lowest BCUT2D eigenvalue weighted by Crippen LogP contribution is -2.30. The summed E-state index contributed by atoms with van der Waals surface area (Å²) >= 11 is 0. The lowest BCUT2D eigenvalue weighted by molar-refractivity contribution is 0.0175. The minimum atomic E-state index is -1.01. The topological polar surface area (TPSA) is 126 Å². The van der Waals surface area contributed by atoms with Gasteiger partial charge in [0.15, 0.2) is 11.5 Å². The van der Waals surface area contributed by atoms with E-state index < -0.39 is 24.0 Å². The highest BCUT2D eigenvalue weighted by atomic mass is 16.7. The maximum atomic E-state index is 11.9. The molecule has 28 heavy (non-hydrogen) atoms. The first-order valence-electron chi connectivity index (χ1n) is 8.67. The quantitative estimate of drug-likeness (QED) is 0.455. The molecule has 0 aliphatic carbocycles. The molecule has 4 N–H and O–H groups in total.